The highest BCUT2D eigenvalue weighted by molar-refractivity contribution is 5.82. The van der Waals surface area contributed by atoms with Gasteiger partial charge in [0.1, 0.15) is 24.5 Å². The number of hydrogen-bond acceptors (Lipinski definition) is 7. The van der Waals surface area contributed by atoms with E-state index in [0.29, 0.717) is 47.4 Å². The Labute approximate surface area is 158 Å². The molecule has 1 aliphatic rings. The van der Waals surface area contributed by atoms with Crippen LogP contribution in [-0.2, 0) is 0 Å². The van der Waals surface area contributed by atoms with Crippen molar-refractivity contribution in [3.05, 3.63) is 48.7 Å². The van der Waals surface area contributed by atoms with Gasteiger partial charge in [0.15, 0.2) is 34.5 Å². The van der Waals surface area contributed by atoms with Crippen LogP contribution >= 0.6 is 0 Å². The third kappa shape index (κ3) is 2.46. The van der Waals surface area contributed by atoms with Crippen molar-refractivity contribution in [1.82, 2.24) is 14.5 Å². The van der Waals surface area contributed by atoms with Gasteiger partial charge in [-0.25, -0.2) is 9.97 Å². The first-order valence-electron chi connectivity index (χ1n) is 8.60. The van der Waals surface area contributed by atoms with Crippen LogP contribution in [0.5, 0.6) is 28.7 Å². The highest BCUT2D eigenvalue weighted by Gasteiger charge is 2.21. The molecule has 2 aromatic heterocycles. The summed E-state index contributed by atoms with van der Waals surface area (Å²) in [5, 5.41) is 29.9. The number of benzene rings is 2. The molecule has 8 nitrogen and oxygen atoms in total. The maximum Gasteiger partial charge on any atom is 0.164 e. The molecule has 2 aromatic carbocycles. The maximum atomic E-state index is 10.4. The second kappa shape index (κ2) is 6.05. The fourth-order valence-corrected chi connectivity index (χ4v) is 3.25. The number of hydrogen-bond donors (Lipinski definition) is 3. The molecule has 1 aliphatic heterocycles. The molecule has 0 radical (unpaired) electrons. The van der Waals surface area contributed by atoms with Crippen LogP contribution in [0.4, 0.5) is 0 Å². The van der Waals surface area contributed by atoms with Gasteiger partial charge in [0.2, 0.25) is 0 Å². The van der Waals surface area contributed by atoms with Crippen molar-refractivity contribution in [2.45, 2.75) is 0 Å². The molecule has 0 amide bonds. The molecule has 0 saturated heterocycles. The second-order valence-electron chi connectivity index (χ2n) is 6.30. The minimum Gasteiger partial charge on any atom is -0.507 e. The quantitative estimate of drug-likeness (QED) is 0.364. The number of phenolic OH excluding ortho intramolecular Hbond substituents is 3. The van der Waals surface area contributed by atoms with Gasteiger partial charge < -0.3 is 24.8 Å². The largest absolute Gasteiger partial charge is 0.507 e. The summed E-state index contributed by atoms with van der Waals surface area (Å²) < 4.78 is 13.0. The number of nitrogens with zero attached hydrogens (tertiary/aromatic N) is 3. The first kappa shape index (κ1) is 16.2. The molecule has 0 atom stereocenters. The molecule has 0 saturated carbocycles. The molecule has 140 valence electrons. The molecule has 0 fully saturated rings. The fraction of sp³-hybridized carbons (Fsp3) is 0.100. The number of phenols is 3. The van der Waals surface area contributed by atoms with Crippen LogP contribution in [0.2, 0.25) is 0 Å². The van der Waals surface area contributed by atoms with E-state index in [2.05, 4.69) is 9.97 Å². The van der Waals surface area contributed by atoms with E-state index in [4.69, 9.17) is 9.47 Å². The number of ether oxygens (including phenoxy) is 2. The normalized spacial score (nSPS) is 13.0. The van der Waals surface area contributed by atoms with E-state index in [1.54, 1.807) is 29.0 Å². The van der Waals surface area contributed by atoms with E-state index >= 15 is 0 Å². The topological polar surface area (TPSA) is 110 Å². The molecule has 0 unspecified atom stereocenters. The lowest BCUT2D eigenvalue weighted by Crippen LogP contribution is -2.15. The Bertz CT molecular complexity index is 1220. The second-order valence-corrected chi connectivity index (χ2v) is 6.30. The molecular formula is C20H15N3O5. The van der Waals surface area contributed by atoms with Gasteiger partial charge in [-0.05, 0) is 30.3 Å². The van der Waals surface area contributed by atoms with E-state index in [1.807, 2.05) is 12.1 Å². The molecule has 3 heterocycles. The zero-order chi connectivity index (χ0) is 19.3. The van der Waals surface area contributed by atoms with Gasteiger partial charge >= 0.3 is 0 Å². The van der Waals surface area contributed by atoms with Gasteiger partial charge in [0.25, 0.3) is 0 Å². The molecule has 3 N–H and O–H groups in total. The lowest BCUT2D eigenvalue weighted by Gasteiger charge is -2.19. The molecule has 8 heteroatoms. The predicted octanol–water partition coefficient (Wildman–Crippen LogP) is 2.98. The van der Waals surface area contributed by atoms with Crippen LogP contribution in [0.25, 0.3) is 28.2 Å². The lowest BCUT2D eigenvalue weighted by atomic mass is 10.1. The molecule has 4 aromatic rings. The van der Waals surface area contributed by atoms with Gasteiger partial charge in [-0.1, -0.05) is 0 Å². The average molecular weight is 377 g/mol. The van der Waals surface area contributed by atoms with Gasteiger partial charge in [-0.15, -0.1) is 0 Å². The zero-order valence-electron chi connectivity index (χ0n) is 14.5. The molecular weight excluding hydrogens is 362 g/mol. The van der Waals surface area contributed by atoms with E-state index in [1.165, 1.54) is 6.07 Å². The van der Waals surface area contributed by atoms with Gasteiger partial charge in [0, 0.05) is 18.3 Å². The average Bonchev–Trinajstić information content (AvgIpc) is 3.09. The van der Waals surface area contributed by atoms with Gasteiger partial charge in [-0.3, -0.25) is 4.57 Å². The van der Waals surface area contributed by atoms with Crippen molar-refractivity contribution >= 4 is 11.2 Å². The first-order valence-corrected chi connectivity index (χ1v) is 8.60. The van der Waals surface area contributed by atoms with Crippen molar-refractivity contribution in [3.63, 3.8) is 0 Å². The number of pyridine rings is 1. The lowest BCUT2D eigenvalue weighted by molar-refractivity contribution is 0.171. The minimum atomic E-state index is -0.415. The third-order valence-electron chi connectivity index (χ3n) is 4.53. The molecule has 28 heavy (non-hydrogen) atoms. The van der Waals surface area contributed by atoms with Crippen LogP contribution in [0, 0.1) is 0 Å². The Morgan fingerprint density at radius 3 is 2.50 bits per heavy atom. The summed E-state index contributed by atoms with van der Waals surface area (Å²) in [6.45, 7) is 0.951. The Kier molecular flexibility index (Phi) is 3.51. The minimum absolute atomic E-state index is 0.218. The van der Waals surface area contributed by atoms with Gasteiger partial charge in [-0.2, -0.15) is 0 Å². The number of fused-ring (bicyclic) bond motifs is 2. The van der Waals surface area contributed by atoms with Crippen molar-refractivity contribution in [1.29, 1.82) is 0 Å². The summed E-state index contributed by atoms with van der Waals surface area (Å²) in [6.07, 6.45) is 1.65. The summed E-state index contributed by atoms with van der Waals surface area (Å²) in [5.41, 5.74) is 2.14. The molecule has 0 aliphatic carbocycles. The number of aromatic hydroxyl groups is 3. The monoisotopic (exact) mass is 377 g/mol. The molecule has 5 rings (SSSR count). The van der Waals surface area contributed by atoms with E-state index in [9.17, 15) is 15.3 Å². The highest BCUT2D eigenvalue weighted by atomic mass is 16.6. The van der Waals surface area contributed by atoms with Crippen molar-refractivity contribution in [3.8, 4) is 45.8 Å². The molecule has 0 bridgehead atoms. The zero-order valence-corrected chi connectivity index (χ0v) is 14.5. The summed E-state index contributed by atoms with van der Waals surface area (Å²) >= 11 is 0. The number of imidazole rings is 1. The Balaban J connectivity index is 1.79. The van der Waals surface area contributed by atoms with Gasteiger partial charge in [0.05, 0.1) is 11.3 Å². The SMILES string of the molecule is Oc1cc(O)c(-c2nc3cccnc3n2-c2ccc3c(c2)OCCO3)cc1O. The Morgan fingerprint density at radius 1 is 0.857 bits per heavy atom. The highest BCUT2D eigenvalue weighted by Crippen LogP contribution is 2.40. The number of rotatable bonds is 2. The fourth-order valence-electron chi connectivity index (χ4n) is 3.25. The first-order chi connectivity index (χ1) is 13.6. The number of aromatic nitrogens is 3. The summed E-state index contributed by atoms with van der Waals surface area (Å²) in [6, 6.07) is 11.4. The predicted molar refractivity (Wildman–Crippen MR) is 100 cm³/mol. The van der Waals surface area contributed by atoms with E-state index in [-0.39, 0.29) is 17.1 Å². The van der Waals surface area contributed by atoms with Crippen molar-refractivity contribution in [2.24, 2.45) is 0 Å². The van der Waals surface area contributed by atoms with Crippen LogP contribution < -0.4 is 9.47 Å². The van der Waals surface area contributed by atoms with Crippen molar-refractivity contribution in [2.75, 3.05) is 13.2 Å². The smallest absolute Gasteiger partial charge is 0.164 e. The van der Waals surface area contributed by atoms with Crippen LogP contribution in [0.15, 0.2) is 48.7 Å². The Hall–Kier alpha value is -3.94. The summed E-state index contributed by atoms with van der Waals surface area (Å²) in [4.78, 5) is 9.00. The summed E-state index contributed by atoms with van der Waals surface area (Å²) in [5.74, 6) is 0.620. The van der Waals surface area contributed by atoms with Crippen LogP contribution in [0.1, 0.15) is 0 Å². The molecule has 0 spiro atoms. The summed E-state index contributed by atoms with van der Waals surface area (Å²) in [7, 11) is 0. The van der Waals surface area contributed by atoms with Crippen molar-refractivity contribution < 1.29 is 24.8 Å². The maximum absolute atomic E-state index is 10.4. The van der Waals surface area contributed by atoms with E-state index < -0.39 is 5.75 Å². The van der Waals surface area contributed by atoms with Crippen LogP contribution in [-0.4, -0.2) is 43.1 Å². The third-order valence-corrected chi connectivity index (χ3v) is 4.53. The van der Waals surface area contributed by atoms with E-state index in [0.717, 1.165) is 6.07 Å². The van der Waals surface area contributed by atoms with Crippen LogP contribution in [0.3, 0.4) is 0 Å². The standard InChI is InChI=1S/C20H15N3O5/c24-14-10-16(26)15(25)9-12(14)19-22-13-2-1-5-21-20(13)23(19)11-3-4-17-18(8-11)28-7-6-27-17/h1-5,8-10,24-26H,6-7H2. The Morgan fingerprint density at radius 2 is 1.64 bits per heavy atom.